The highest BCUT2D eigenvalue weighted by Crippen LogP contribution is 2.20. The second kappa shape index (κ2) is 12.0. The minimum atomic E-state index is -0.525. The van der Waals surface area contributed by atoms with Crippen molar-refractivity contribution in [2.24, 2.45) is 7.05 Å². The molecule has 0 spiro atoms. The maximum Gasteiger partial charge on any atom is 0.273 e. The number of aryl methyl sites for hydroxylation is 2. The number of ether oxygens (including phenoxy) is 2. The van der Waals surface area contributed by atoms with E-state index < -0.39 is 10.8 Å². The molecule has 0 aliphatic rings. The molecule has 32 heavy (non-hydrogen) atoms. The van der Waals surface area contributed by atoms with Crippen molar-refractivity contribution < 1.29 is 24.0 Å². The fraction of sp³-hybridized carbons (Fsp3) is 0.455. The largest absolute Gasteiger partial charge is 0.383 e. The van der Waals surface area contributed by atoms with Crippen LogP contribution < -0.4 is 0 Å². The Labute approximate surface area is 187 Å². The number of nitro groups is 1. The molecule has 0 fully saturated rings. The Morgan fingerprint density at radius 3 is 2.31 bits per heavy atom. The van der Waals surface area contributed by atoms with Crippen LogP contribution in [0.5, 0.6) is 0 Å². The predicted molar refractivity (Wildman–Crippen MR) is 118 cm³/mol. The van der Waals surface area contributed by atoms with Crippen LogP contribution in [0.2, 0.25) is 0 Å². The normalized spacial score (nSPS) is 10.8. The third-order valence-corrected chi connectivity index (χ3v) is 5.15. The second-order valence-electron chi connectivity index (χ2n) is 7.40. The van der Waals surface area contributed by atoms with Crippen LogP contribution in [0.15, 0.2) is 36.5 Å². The fourth-order valence-electron chi connectivity index (χ4n) is 3.19. The smallest absolute Gasteiger partial charge is 0.273 e. The number of methoxy groups -OCH3 is 2. The molecule has 0 aliphatic heterocycles. The summed E-state index contributed by atoms with van der Waals surface area (Å²) in [6.45, 7) is 2.91. The Kier molecular flexibility index (Phi) is 9.36. The number of nitro benzene ring substituents is 1. The first-order valence-electron chi connectivity index (χ1n) is 10.2. The highest BCUT2D eigenvalue weighted by molar-refractivity contribution is 5.97. The maximum absolute atomic E-state index is 13.1. The second-order valence-corrected chi connectivity index (χ2v) is 7.40. The number of benzene rings is 1. The zero-order valence-corrected chi connectivity index (χ0v) is 18.9. The average molecular weight is 447 g/mol. The summed E-state index contributed by atoms with van der Waals surface area (Å²) in [6.07, 6.45) is 1.90. The van der Waals surface area contributed by atoms with Crippen molar-refractivity contribution in [2.75, 3.05) is 47.1 Å². The van der Waals surface area contributed by atoms with E-state index in [2.05, 4.69) is 0 Å². The lowest BCUT2D eigenvalue weighted by molar-refractivity contribution is -0.385. The van der Waals surface area contributed by atoms with E-state index in [0.29, 0.717) is 25.3 Å². The summed E-state index contributed by atoms with van der Waals surface area (Å²) in [5.74, 6) is -0.724. The van der Waals surface area contributed by atoms with Gasteiger partial charge in [-0.05, 0) is 25.1 Å². The van der Waals surface area contributed by atoms with Crippen LogP contribution >= 0.6 is 0 Å². The van der Waals surface area contributed by atoms with E-state index in [1.807, 2.05) is 29.9 Å². The molecule has 1 aromatic carbocycles. The lowest BCUT2D eigenvalue weighted by Crippen LogP contribution is -2.45. The minimum Gasteiger partial charge on any atom is -0.383 e. The van der Waals surface area contributed by atoms with Gasteiger partial charge in [-0.1, -0.05) is 6.07 Å². The standard InChI is InChI=1S/C22H30N4O6/c1-17-7-8-18(14-20(17)26(29)30)22(28)25(11-13-32-4)16-21(27)24(10-12-31-3)15-19-6-5-9-23(19)2/h5-9,14H,10-13,15-16H2,1-4H3. The zero-order chi connectivity index (χ0) is 23.7. The van der Waals surface area contributed by atoms with Crippen LogP contribution in [-0.4, -0.2) is 78.2 Å². The van der Waals surface area contributed by atoms with Crippen LogP contribution in [0.3, 0.4) is 0 Å². The molecular formula is C22H30N4O6. The summed E-state index contributed by atoms with van der Waals surface area (Å²) in [5, 5.41) is 11.3. The van der Waals surface area contributed by atoms with Crippen molar-refractivity contribution in [2.45, 2.75) is 13.5 Å². The number of amides is 2. The molecule has 0 atom stereocenters. The summed E-state index contributed by atoms with van der Waals surface area (Å²) in [4.78, 5) is 40.0. The van der Waals surface area contributed by atoms with Crippen LogP contribution in [0.4, 0.5) is 5.69 Å². The van der Waals surface area contributed by atoms with Gasteiger partial charge in [0.1, 0.15) is 6.54 Å². The van der Waals surface area contributed by atoms with Gasteiger partial charge in [-0.3, -0.25) is 19.7 Å². The molecule has 10 heteroatoms. The third kappa shape index (κ3) is 6.63. The number of carbonyl (C=O) groups excluding carboxylic acids is 2. The van der Waals surface area contributed by atoms with E-state index in [-0.39, 0.29) is 36.9 Å². The number of aromatic nitrogens is 1. The number of nitrogens with zero attached hydrogens (tertiary/aromatic N) is 4. The summed E-state index contributed by atoms with van der Waals surface area (Å²) in [6, 6.07) is 8.12. The van der Waals surface area contributed by atoms with Gasteiger partial charge in [-0.2, -0.15) is 0 Å². The van der Waals surface area contributed by atoms with Gasteiger partial charge in [-0.15, -0.1) is 0 Å². The summed E-state index contributed by atoms with van der Waals surface area (Å²) < 4.78 is 12.2. The summed E-state index contributed by atoms with van der Waals surface area (Å²) in [7, 11) is 4.96. The van der Waals surface area contributed by atoms with Crippen molar-refractivity contribution in [3.63, 3.8) is 0 Å². The Bertz CT molecular complexity index is 942. The maximum atomic E-state index is 13.1. The topological polar surface area (TPSA) is 107 Å². The van der Waals surface area contributed by atoms with Crippen molar-refractivity contribution in [3.8, 4) is 0 Å². The molecule has 1 heterocycles. The molecule has 0 bridgehead atoms. The molecule has 0 radical (unpaired) electrons. The monoisotopic (exact) mass is 446 g/mol. The molecule has 2 aromatic rings. The highest BCUT2D eigenvalue weighted by atomic mass is 16.6. The molecule has 0 aliphatic carbocycles. The molecule has 0 unspecified atom stereocenters. The van der Waals surface area contributed by atoms with Crippen LogP contribution in [0.1, 0.15) is 21.6 Å². The molecule has 2 rings (SSSR count). The molecule has 10 nitrogen and oxygen atoms in total. The van der Waals surface area contributed by atoms with Gasteiger partial charge >= 0.3 is 0 Å². The van der Waals surface area contributed by atoms with E-state index in [1.165, 1.54) is 30.2 Å². The first-order valence-corrected chi connectivity index (χ1v) is 10.2. The molecule has 0 N–H and O–H groups in total. The van der Waals surface area contributed by atoms with E-state index >= 15 is 0 Å². The van der Waals surface area contributed by atoms with Gasteiger partial charge in [0.25, 0.3) is 11.6 Å². The number of carbonyl (C=O) groups is 2. The zero-order valence-electron chi connectivity index (χ0n) is 18.9. The van der Waals surface area contributed by atoms with Crippen molar-refractivity contribution in [1.82, 2.24) is 14.4 Å². The lowest BCUT2D eigenvalue weighted by atomic mass is 10.1. The van der Waals surface area contributed by atoms with Crippen molar-refractivity contribution in [1.29, 1.82) is 0 Å². The molecule has 0 saturated heterocycles. The van der Waals surface area contributed by atoms with Crippen molar-refractivity contribution >= 4 is 17.5 Å². The van der Waals surface area contributed by atoms with Gasteiger partial charge in [0.2, 0.25) is 5.91 Å². The van der Waals surface area contributed by atoms with Gasteiger partial charge in [0.05, 0.1) is 24.7 Å². The summed E-state index contributed by atoms with van der Waals surface area (Å²) in [5.41, 5.74) is 1.41. The Morgan fingerprint density at radius 1 is 1.09 bits per heavy atom. The third-order valence-electron chi connectivity index (χ3n) is 5.15. The van der Waals surface area contributed by atoms with Gasteiger partial charge in [0, 0.05) is 63.4 Å². The predicted octanol–water partition coefficient (Wildman–Crippen LogP) is 2.01. The SMILES string of the molecule is COCCN(Cc1cccn1C)C(=O)CN(CCOC)C(=O)c1ccc(C)c([N+](=O)[O-])c1. The van der Waals surface area contributed by atoms with Crippen LogP contribution in [-0.2, 0) is 27.9 Å². The van der Waals surface area contributed by atoms with E-state index in [1.54, 1.807) is 18.9 Å². The Balaban J connectivity index is 2.24. The van der Waals surface area contributed by atoms with E-state index in [4.69, 9.17) is 9.47 Å². The van der Waals surface area contributed by atoms with Crippen molar-refractivity contribution in [3.05, 3.63) is 63.5 Å². The van der Waals surface area contributed by atoms with Gasteiger partial charge < -0.3 is 23.8 Å². The molecular weight excluding hydrogens is 416 g/mol. The Hall–Kier alpha value is -3.24. The molecule has 1 aromatic heterocycles. The van der Waals surface area contributed by atoms with E-state index in [0.717, 1.165) is 5.69 Å². The first-order chi connectivity index (χ1) is 15.3. The van der Waals surface area contributed by atoms with Gasteiger partial charge in [-0.25, -0.2) is 0 Å². The molecule has 174 valence electrons. The quantitative estimate of drug-likeness (QED) is 0.365. The fourth-order valence-corrected chi connectivity index (χ4v) is 3.19. The number of rotatable bonds is 12. The molecule has 2 amide bonds. The van der Waals surface area contributed by atoms with Crippen LogP contribution in [0, 0.1) is 17.0 Å². The number of hydrogen-bond donors (Lipinski definition) is 0. The lowest BCUT2D eigenvalue weighted by Gasteiger charge is -2.28. The highest BCUT2D eigenvalue weighted by Gasteiger charge is 2.24. The van der Waals surface area contributed by atoms with E-state index in [9.17, 15) is 19.7 Å². The first kappa shape index (κ1) is 25.0. The van der Waals surface area contributed by atoms with Gasteiger partial charge in [0.15, 0.2) is 0 Å². The minimum absolute atomic E-state index is 0.140. The number of hydrogen-bond acceptors (Lipinski definition) is 6. The van der Waals surface area contributed by atoms with Crippen LogP contribution in [0.25, 0.3) is 0 Å². The average Bonchev–Trinajstić information content (AvgIpc) is 3.17. The molecule has 0 saturated carbocycles. The summed E-state index contributed by atoms with van der Waals surface area (Å²) >= 11 is 0. The Morgan fingerprint density at radius 2 is 1.75 bits per heavy atom.